The van der Waals surface area contributed by atoms with Gasteiger partial charge in [-0.25, -0.2) is 8.70 Å². The van der Waals surface area contributed by atoms with Gasteiger partial charge in [-0.3, -0.25) is 18.9 Å². The maximum absolute atomic E-state index is 15.1. The normalized spacial score (nSPS) is 27.7. The van der Waals surface area contributed by atoms with Gasteiger partial charge in [-0.15, -0.1) is 10.8 Å². The minimum absolute atomic E-state index is 0.168. The van der Waals surface area contributed by atoms with E-state index in [1.54, 1.807) is 16.4 Å². The Hall–Kier alpha value is -1.83. The summed E-state index contributed by atoms with van der Waals surface area (Å²) in [4.78, 5) is 17.5. The van der Waals surface area contributed by atoms with E-state index in [4.69, 9.17) is 22.1 Å². The van der Waals surface area contributed by atoms with Gasteiger partial charge in [-0.1, -0.05) is 23.7 Å². The molecule has 2 bridgehead atoms. The number of carbonyl (C=O) groups is 1. The first kappa shape index (κ1) is 28.7. The van der Waals surface area contributed by atoms with Crippen molar-refractivity contribution in [3.8, 4) is 0 Å². The van der Waals surface area contributed by atoms with Crippen LogP contribution in [0.2, 0.25) is 5.02 Å². The van der Waals surface area contributed by atoms with Gasteiger partial charge in [0.15, 0.2) is 0 Å². The lowest BCUT2D eigenvalue weighted by Crippen LogP contribution is -2.56. The van der Waals surface area contributed by atoms with Crippen LogP contribution >= 0.6 is 22.4 Å². The average molecular weight is 582 g/mol. The quantitative estimate of drug-likeness (QED) is 0.332. The fraction of sp³-hybridized carbons (Fsp3) is 0.556. The Labute approximate surface area is 235 Å². The number of hydrogen-bond donors (Lipinski definition) is 5. The topological polar surface area (TPSA) is 133 Å². The summed E-state index contributed by atoms with van der Waals surface area (Å²) < 4.78 is 43.9. The Bertz CT molecular complexity index is 1170. The Kier molecular flexibility index (Phi) is 8.80. The smallest absolute Gasteiger partial charge is 0.242 e. The van der Waals surface area contributed by atoms with Crippen molar-refractivity contribution < 1.29 is 23.0 Å². The van der Waals surface area contributed by atoms with Crippen LogP contribution in [0.1, 0.15) is 43.2 Å². The van der Waals surface area contributed by atoms with Gasteiger partial charge < -0.3 is 21.1 Å². The number of rotatable bonds is 7. The lowest BCUT2D eigenvalue weighted by atomic mass is 9.68. The summed E-state index contributed by atoms with van der Waals surface area (Å²) in [5.41, 5.74) is 7.50. The molecular weight excluding hydrogens is 545 g/mol. The summed E-state index contributed by atoms with van der Waals surface area (Å²) >= 11 is 6.10. The zero-order valence-corrected chi connectivity index (χ0v) is 23.4. The second-order valence-corrected chi connectivity index (χ2v) is 13.3. The maximum atomic E-state index is 15.1. The number of piperazine rings is 1. The standard InChI is InChI=1S/C27H37ClFN5O4S/c28-19-5-3-18(4-6-19)27(9-11-38-12-10-27)25(30)26(35)33-24-16-31-15-23(29)22(24)8-7-21-14-32-20-2-1-13-39(36,37)34(21)17-20/h3-6,15-16,20-21,25,32,36-37H,1-2,7-14,17,30H2,(H,33,35)/t20-,21+,25-/m1/s1. The highest BCUT2D eigenvalue weighted by molar-refractivity contribution is 8.22. The lowest BCUT2D eigenvalue weighted by molar-refractivity contribution is -0.120. The first-order valence-electron chi connectivity index (χ1n) is 13.5. The van der Waals surface area contributed by atoms with Crippen molar-refractivity contribution in [2.45, 2.75) is 62.1 Å². The summed E-state index contributed by atoms with van der Waals surface area (Å²) in [5, 5.41) is 6.94. The predicted octanol–water partition coefficient (Wildman–Crippen LogP) is 3.92. The molecule has 4 heterocycles. The van der Waals surface area contributed by atoms with Crippen LogP contribution in [0.15, 0.2) is 36.7 Å². The van der Waals surface area contributed by atoms with E-state index in [1.807, 2.05) is 12.1 Å². The number of benzene rings is 1. The summed E-state index contributed by atoms with van der Waals surface area (Å²) in [6.45, 7) is 2.09. The first-order valence-corrected chi connectivity index (χ1v) is 15.5. The highest BCUT2D eigenvalue weighted by Crippen LogP contribution is 2.49. The molecule has 0 spiro atoms. The zero-order chi connectivity index (χ0) is 27.6. The number of pyridine rings is 1. The molecule has 12 heteroatoms. The second kappa shape index (κ2) is 12.0. The van der Waals surface area contributed by atoms with Crippen molar-refractivity contribution in [2.24, 2.45) is 5.73 Å². The van der Waals surface area contributed by atoms with E-state index in [0.29, 0.717) is 68.3 Å². The number of hydrogen-bond acceptors (Lipinski definition) is 8. The van der Waals surface area contributed by atoms with Crippen molar-refractivity contribution >= 4 is 34.0 Å². The van der Waals surface area contributed by atoms with Gasteiger partial charge in [0, 0.05) is 54.4 Å². The van der Waals surface area contributed by atoms with Gasteiger partial charge in [0.2, 0.25) is 5.91 Å². The van der Waals surface area contributed by atoms with Crippen molar-refractivity contribution in [3.63, 3.8) is 0 Å². The van der Waals surface area contributed by atoms with Crippen LogP contribution in [0.4, 0.5) is 10.1 Å². The number of halogens is 2. The second-order valence-electron chi connectivity index (χ2n) is 10.8. The van der Waals surface area contributed by atoms with E-state index in [1.165, 1.54) is 6.20 Å². The van der Waals surface area contributed by atoms with E-state index in [-0.39, 0.29) is 17.8 Å². The van der Waals surface area contributed by atoms with Gasteiger partial charge in [0.1, 0.15) is 5.82 Å². The van der Waals surface area contributed by atoms with Gasteiger partial charge in [-0.2, -0.15) is 0 Å². The Morgan fingerprint density at radius 2 is 2.05 bits per heavy atom. The summed E-state index contributed by atoms with van der Waals surface area (Å²) in [6, 6.07) is 6.51. The minimum Gasteiger partial charge on any atom is -0.381 e. The molecule has 3 aliphatic heterocycles. The van der Waals surface area contributed by atoms with Gasteiger partial charge in [-0.05, 0) is 56.2 Å². The SMILES string of the molecule is N[C@H](C(=O)Nc1cncc(F)c1CC[C@H]1CN[C@@H]2CCCS(O)(O)N1C2)C1(c2ccc(Cl)cc2)CCOCC1. The van der Waals surface area contributed by atoms with E-state index in [9.17, 15) is 13.9 Å². The highest BCUT2D eigenvalue weighted by Gasteiger charge is 2.44. The van der Waals surface area contributed by atoms with Crippen LogP contribution in [0.25, 0.3) is 0 Å². The number of amides is 1. The fourth-order valence-corrected chi connectivity index (χ4v) is 8.16. The molecule has 6 N–H and O–H groups in total. The molecule has 1 aromatic heterocycles. The fourth-order valence-electron chi connectivity index (χ4n) is 6.17. The van der Waals surface area contributed by atoms with Crippen LogP contribution in [0.5, 0.6) is 0 Å². The molecule has 214 valence electrons. The molecule has 9 nitrogen and oxygen atoms in total. The van der Waals surface area contributed by atoms with Gasteiger partial charge in [0.05, 0.1) is 29.9 Å². The van der Waals surface area contributed by atoms with Crippen LogP contribution in [0.3, 0.4) is 0 Å². The van der Waals surface area contributed by atoms with Crippen LogP contribution in [0, 0.1) is 5.82 Å². The van der Waals surface area contributed by atoms with Gasteiger partial charge >= 0.3 is 0 Å². The molecule has 2 aromatic rings. The van der Waals surface area contributed by atoms with Crippen molar-refractivity contribution in [1.29, 1.82) is 0 Å². The van der Waals surface area contributed by atoms with Crippen molar-refractivity contribution in [1.82, 2.24) is 14.6 Å². The monoisotopic (exact) mass is 581 g/mol. The Morgan fingerprint density at radius 1 is 1.31 bits per heavy atom. The molecule has 1 amide bonds. The van der Waals surface area contributed by atoms with E-state index in [2.05, 4.69) is 15.6 Å². The molecule has 1 unspecified atom stereocenters. The molecular formula is C27H37ClFN5O4S. The average Bonchev–Trinajstić information content (AvgIpc) is 3.04. The molecule has 0 radical (unpaired) electrons. The summed E-state index contributed by atoms with van der Waals surface area (Å²) in [6.07, 6.45) is 6.13. The van der Waals surface area contributed by atoms with Crippen molar-refractivity contribution in [2.75, 3.05) is 37.4 Å². The minimum atomic E-state index is -2.86. The number of carbonyl (C=O) groups excluding carboxylic acids is 1. The molecule has 1 aromatic carbocycles. The van der Waals surface area contributed by atoms with Crippen LogP contribution < -0.4 is 16.4 Å². The molecule has 3 saturated heterocycles. The van der Waals surface area contributed by atoms with Gasteiger partial charge in [0.25, 0.3) is 0 Å². The number of nitrogens with one attached hydrogen (secondary N) is 2. The number of nitrogens with two attached hydrogens (primary N) is 1. The molecule has 3 fully saturated rings. The van der Waals surface area contributed by atoms with Crippen LogP contribution in [-0.2, 0) is 21.4 Å². The summed E-state index contributed by atoms with van der Waals surface area (Å²) in [5.74, 6) is -0.599. The number of anilines is 1. The number of aromatic nitrogens is 1. The Morgan fingerprint density at radius 3 is 2.79 bits per heavy atom. The third-order valence-corrected chi connectivity index (χ3v) is 10.8. The predicted molar refractivity (Wildman–Crippen MR) is 152 cm³/mol. The van der Waals surface area contributed by atoms with Crippen molar-refractivity contribution in [3.05, 3.63) is 58.6 Å². The molecule has 3 aliphatic rings. The highest BCUT2D eigenvalue weighted by atomic mass is 35.5. The first-order chi connectivity index (χ1) is 18.7. The number of nitrogens with zero attached hydrogens (tertiary/aromatic N) is 2. The third-order valence-electron chi connectivity index (χ3n) is 8.47. The molecule has 5 rings (SSSR count). The van der Waals surface area contributed by atoms with Crippen LogP contribution in [-0.4, -0.2) is 74.5 Å². The number of fused-ring (bicyclic) bond motifs is 2. The molecule has 0 aliphatic carbocycles. The molecule has 0 saturated carbocycles. The van der Waals surface area contributed by atoms with E-state index < -0.39 is 34.0 Å². The lowest BCUT2D eigenvalue weighted by Gasteiger charge is -2.49. The molecule has 39 heavy (non-hydrogen) atoms. The maximum Gasteiger partial charge on any atom is 0.242 e. The summed E-state index contributed by atoms with van der Waals surface area (Å²) in [7, 11) is -2.86. The van der Waals surface area contributed by atoms with E-state index >= 15 is 4.39 Å². The molecule has 4 atom stereocenters. The largest absolute Gasteiger partial charge is 0.381 e. The van der Waals surface area contributed by atoms with E-state index in [0.717, 1.165) is 24.6 Å². The third kappa shape index (κ3) is 6.11. The number of ether oxygens (including phenoxy) is 1. The zero-order valence-electron chi connectivity index (χ0n) is 21.8. The Balaban J connectivity index is 1.33.